The fourth-order valence-corrected chi connectivity index (χ4v) is 2.93. The van der Waals surface area contributed by atoms with Crippen LogP contribution in [0.25, 0.3) is 0 Å². The maximum Gasteiger partial charge on any atom is 0.336 e. The summed E-state index contributed by atoms with van der Waals surface area (Å²) in [4.78, 5) is 22.4. The first-order chi connectivity index (χ1) is 12.6. The van der Waals surface area contributed by atoms with Crippen LogP contribution in [0.5, 0.6) is 0 Å². The molecule has 7 N–H and O–H groups in total. The van der Waals surface area contributed by atoms with Crippen LogP contribution in [-0.4, -0.2) is 111 Å². The van der Waals surface area contributed by atoms with Gasteiger partial charge < -0.3 is 50.2 Å². The fourth-order valence-electron chi connectivity index (χ4n) is 2.93. The normalized spacial score (nSPS) is 45.3. The van der Waals surface area contributed by atoms with Crippen LogP contribution in [0.4, 0.5) is 4.39 Å². The predicted octanol–water partition coefficient (Wildman–Crippen LogP) is -4.18. The quantitative estimate of drug-likeness (QED) is 0.237. The van der Waals surface area contributed by atoms with Gasteiger partial charge in [0.1, 0.15) is 36.6 Å². The molecule has 0 bridgehead atoms. The lowest BCUT2D eigenvalue weighted by Crippen LogP contribution is -2.67. The van der Waals surface area contributed by atoms with Gasteiger partial charge in [0.25, 0.3) is 0 Å². The number of amides is 1. The number of aliphatic hydroxyl groups excluding tert-OH is 5. The summed E-state index contributed by atoms with van der Waals surface area (Å²) in [7, 11) is 0. The molecule has 0 radical (unpaired) electrons. The first-order valence-electron chi connectivity index (χ1n) is 8.02. The minimum absolute atomic E-state index is 0.650. The van der Waals surface area contributed by atoms with E-state index in [0.29, 0.717) is 0 Å². The molecule has 2 rings (SSSR count). The van der Waals surface area contributed by atoms with Gasteiger partial charge in [0, 0.05) is 6.92 Å². The van der Waals surface area contributed by atoms with Crippen LogP contribution in [0.1, 0.15) is 6.92 Å². The van der Waals surface area contributed by atoms with Gasteiger partial charge in [-0.05, 0) is 0 Å². The Labute approximate surface area is 152 Å². The van der Waals surface area contributed by atoms with Crippen molar-refractivity contribution in [2.24, 2.45) is 0 Å². The summed E-state index contributed by atoms with van der Waals surface area (Å²) in [6.07, 6.45) is -17.0. The van der Waals surface area contributed by atoms with E-state index in [9.17, 15) is 39.5 Å². The SMILES string of the molecule is CC(=O)N[C@@H]1[C@@H](O[C@@H]2O[C@H](C(=O)O)[C@@H](F)[C@H](O)[C@H]2O)[C@@H](O)[C@@H](CO)O[C@H]1O. The van der Waals surface area contributed by atoms with Gasteiger partial charge >= 0.3 is 5.97 Å². The van der Waals surface area contributed by atoms with Crippen LogP contribution in [-0.2, 0) is 23.8 Å². The second-order valence-electron chi connectivity index (χ2n) is 6.25. The Morgan fingerprint density at radius 3 is 2.26 bits per heavy atom. The zero-order valence-corrected chi connectivity index (χ0v) is 14.1. The maximum atomic E-state index is 13.8. The van der Waals surface area contributed by atoms with Crippen LogP contribution in [0.2, 0.25) is 0 Å². The van der Waals surface area contributed by atoms with Crippen molar-refractivity contribution >= 4 is 11.9 Å². The van der Waals surface area contributed by atoms with Gasteiger partial charge in [-0.3, -0.25) is 4.79 Å². The highest BCUT2D eigenvalue weighted by Crippen LogP contribution is 2.29. The Morgan fingerprint density at radius 2 is 1.74 bits per heavy atom. The van der Waals surface area contributed by atoms with Crippen LogP contribution >= 0.6 is 0 Å². The van der Waals surface area contributed by atoms with Crippen molar-refractivity contribution in [3.63, 3.8) is 0 Å². The van der Waals surface area contributed by atoms with Crippen LogP contribution in [0.3, 0.4) is 0 Å². The van der Waals surface area contributed by atoms with E-state index in [1.165, 1.54) is 0 Å². The van der Waals surface area contributed by atoms with Crippen LogP contribution in [0.15, 0.2) is 0 Å². The van der Waals surface area contributed by atoms with E-state index in [1.807, 2.05) is 0 Å². The zero-order chi connectivity index (χ0) is 20.5. The van der Waals surface area contributed by atoms with Gasteiger partial charge in [0.2, 0.25) is 5.91 Å². The Morgan fingerprint density at radius 1 is 1.11 bits per heavy atom. The van der Waals surface area contributed by atoms with Crippen LogP contribution in [0, 0.1) is 0 Å². The minimum atomic E-state index is -2.45. The summed E-state index contributed by atoms with van der Waals surface area (Å²) in [6.45, 7) is 0.351. The molecule has 2 aliphatic heterocycles. The van der Waals surface area contributed by atoms with E-state index in [2.05, 4.69) is 5.32 Å². The average molecular weight is 399 g/mol. The Balaban J connectivity index is 2.25. The number of carbonyl (C=O) groups is 2. The topological polar surface area (TPSA) is 195 Å². The summed E-state index contributed by atoms with van der Waals surface area (Å²) in [5, 5.41) is 60.3. The van der Waals surface area contributed by atoms with E-state index in [1.54, 1.807) is 0 Å². The van der Waals surface area contributed by atoms with E-state index < -0.39 is 79.9 Å². The monoisotopic (exact) mass is 399 g/mol. The van der Waals surface area contributed by atoms with Crippen molar-refractivity contribution in [1.29, 1.82) is 0 Å². The van der Waals surface area contributed by atoms with Crippen molar-refractivity contribution in [3.05, 3.63) is 0 Å². The molecule has 12 nitrogen and oxygen atoms in total. The van der Waals surface area contributed by atoms with Crippen molar-refractivity contribution in [2.45, 2.75) is 68.3 Å². The zero-order valence-electron chi connectivity index (χ0n) is 14.1. The maximum absolute atomic E-state index is 13.8. The van der Waals surface area contributed by atoms with Crippen molar-refractivity contribution in [3.8, 4) is 0 Å². The third-order valence-corrected chi connectivity index (χ3v) is 4.30. The molecule has 2 aliphatic rings. The number of nitrogens with one attached hydrogen (secondary N) is 1. The summed E-state index contributed by atoms with van der Waals surface area (Å²) >= 11 is 0. The van der Waals surface area contributed by atoms with Gasteiger partial charge in [-0.15, -0.1) is 0 Å². The number of ether oxygens (including phenoxy) is 3. The third-order valence-electron chi connectivity index (χ3n) is 4.30. The number of hydrogen-bond acceptors (Lipinski definition) is 10. The largest absolute Gasteiger partial charge is 0.479 e. The number of halogens is 1. The molecule has 2 heterocycles. The highest BCUT2D eigenvalue weighted by atomic mass is 19.1. The van der Waals surface area contributed by atoms with Gasteiger partial charge in [0.15, 0.2) is 24.9 Å². The second-order valence-corrected chi connectivity index (χ2v) is 6.25. The fraction of sp³-hybridized carbons (Fsp3) is 0.857. The molecule has 0 aromatic heterocycles. The van der Waals surface area contributed by atoms with E-state index in [0.717, 1.165) is 6.92 Å². The van der Waals surface area contributed by atoms with Gasteiger partial charge in [-0.2, -0.15) is 0 Å². The molecule has 13 heteroatoms. The summed E-state index contributed by atoms with van der Waals surface area (Å²) in [5.74, 6) is -2.41. The number of carbonyl (C=O) groups excluding carboxylic acids is 1. The molecule has 0 aromatic rings. The molecule has 27 heavy (non-hydrogen) atoms. The van der Waals surface area contributed by atoms with E-state index in [-0.39, 0.29) is 0 Å². The average Bonchev–Trinajstić information content (AvgIpc) is 2.60. The first-order valence-corrected chi connectivity index (χ1v) is 8.02. The predicted molar refractivity (Wildman–Crippen MR) is 79.7 cm³/mol. The lowest BCUT2D eigenvalue weighted by molar-refractivity contribution is -0.332. The first kappa shape index (κ1) is 21.8. The molecule has 0 spiro atoms. The molecule has 1 amide bonds. The number of carboxylic acid groups (broad SMARTS) is 1. The van der Waals surface area contributed by atoms with Crippen molar-refractivity contribution < 1.29 is 58.8 Å². The van der Waals surface area contributed by atoms with E-state index in [4.69, 9.17) is 19.3 Å². The highest BCUT2D eigenvalue weighted by Gasteiger charge is 2.52. The molecule has 2 saturated heterocycles. The molecule has 156 valence electrons. The Kier molecular flexibility index (Phi) is 7.04. The summed E-state index contributed by atoms with van der Waals surface area (Å²) in [5.41, 5.74) is 0. The van der Waals surface area contributed by atoms with Crippen LogP contribution < -0.4 is 5.32 Å². The Bertz CT molecular complexity index is 551. The molecule has 2 fully saturated rings. The molecule has 10 atom stereocenters. The number of alkyl halides is 1. The third kappa shape index (κ3) is 4.52. The smallest absolute Gasteiger partial charge is 0.336 e. The molecule has 0 aromatic carbocycles. The number of aliphatic hydroxyl groups is 5. The second kappa shape index (κ2) is 8.70. The highest BCUT2D eigenvalue weighted by molar-refractivity contribution is 5.73. The molecular formula is C14H22FNO11. The number of hydrogen-bond donors (Lipinski definition) is 7. The number of carboxylic acids is 1. The van der Waals surface area contributed by atoms with Gasteiger partial charge in [-0.1, -0.05) is 0 Å². The summed E-state index contributed by atoms with van der Waals surface area (Å²) in [6, 6.07) is -1.40. The lowest BCUT2D eigenvalue weighted by Gasteiger charge is -2.45. The lowest BCUT2D eigenvalue weighted by atomic mass is 9.95. The Hall–Kier alpha value is -1.45. The minimum Gasteiger partial charge on any atom is -0.479 e. The van der Waals surface area contributed by atoms with E-state index >= 15 is 0 Å². The molecule has 0 saturated carbocycles. The molecule has 0 unspecified atom stereocenters. The summed E-state index contributed by atoms with van der Waals surface area (Å²) < 4.78 is 28.9. The molecular weight excluding hydrogens is 377 g/mol. The number of rotatable bonds is 5. The van der Waals surface area contributed by atoms with Crippen molar-refractivity contribution in [1.82, 2.24) is 5.32 Å². The number of aliphatic carboxylic acids is 1. The molecule has 0 aliphatic carbocycles. The van der Waals surface area contributed by atoms with Crippen molar-refractivity contribution in [2.75, 3.05) is 6.61 Å². The van der Waals surface area contributed by atoms with Gasteiger partial charge in [-0.25, -0.2) is 9.18 Å². The standard InChI is InChI=1S/C14H22FNO11/c1-3(18)16-6-11(7(19)4(2-17)25-13(6)24)27-14-9(21)8(20)5(15)10(26-14)12(22)23/h4-11,13-14,17,19-21,24H,2H2,1H3,(H,16,18)(H,22,23)/t4-,5+,6-,7+,8+,9-,10+,11-,13-,14+/m1/s1. The van der Waals surface area contributed by atoms with Gasteiger partial charge in [0.05, 0.1) is 6.61 Å².